The Morgan fingerprint density at radius 3 is 3.04 bits per heavy atom. The summed E-state index contributed by atoms with van der Waals surface area (Å²) in [5, 5.41) is 14.4. The van der Waals surface area contributed by atoms with Crippen LogP contribution in [0.15, 0.2) is 45.8 Å². The summed E-state index contributed by atoms with van der Waals surface area (Å²) in [4.78, 5) is 17.3. The van der Waals surface area contributed by atoms with Gasteiger partial charge in [-0.3, -0.25) is 9.20 Å². The first-order valence-electron chi connectivity index (χ1n) is 7.67. The second-order valence-corrected chi connectivity index (χ2v) is 7.29. The molecule has 0 aliphatic heterocycles. The van der Waals surface area contributed by atoms with Gasteiger partial charge < -0.3 is 4.74 Å². The predicted octanol–water partition coefficient (Wildman–Crippen LogP) is 2.34. The number of benzene rings is 1. The van der Waals surface area contributed by atoms with Gasteiger partial charge in [0.15, 0.2) is 4.96 Å². The van der Waals surface area contributed by atoms with Gasteiger partial charge in [-0.15, -0.1) is 16.4 Å². The van der Waals surface area contributed by atoms with Gasteiger partial charge in [-0.2, -0.15) is 4.68 Å². The van der Waals surface area contributed by atoms with Gasteiger partial charge in [0.1, 0.15) is 11.4 Å². The molecule has 0 bridgehead atoms. The molecule has 0 aliphatic rings. The lowest BCUT2D eigenvalue weighted by atomic mass is 10.2. The lowest BCUT2D eigenvalue weighted by Crippen LogP contribution is -2.12. The summed E-state index contributed by atoms with van der Waals surface area (Å²) in [6.45, 7) is 1.99. The number of aryl methyl sites for hydroxylation is 1. The average Bonchev–Trinajstić information content (AvgIpc) is 3.29. The minimum atomic E-state index is -0.0909. The van der Waals surface area contributed by atoms with E-state index in [0.717, 1.165) is 11.3 Å². The minimum absolute atomic E-state index is 0.0909. The molecule has 26 heavy (non-hydrogen) atoms. The summed E-state index contributed by atoms with van der Waals surface area (Å²) >= 11 is 2.84. The highest BCUT2D eigenvalue weighted by Gasteiger charge is 2.14. The zero-order valence-corrected chi connectivity index (χ0v) is 15.6. The third-order valence-corrected chi connectivity index (χ3v) is 5.42. The zero-order valence-electron chi connectivity index (χ0n) is 14.0. The monoisotopic (exact) mass is 386 g/mol. The molecule has 0 saturated heterocycles. The molecular formula is C16H14N6O2S2. The van der Waals surface area contributed by atoms with Crippen molar-refractivity contribution >= 4 is 28.1 Å². The Morgan fingerprint density at radius 1 is 1.31 bits per heavy atom. The van der Waals surface area contributed by atoms with E-state index in [1.54, 1.807) is 18.0 Å². The maximum atomic E-state index is 12.1. The molecule has 132 valence electrons. The molecular weight excluding hydrogens is 372 g/mol. The summed E-state index contributed by atoms with van der Waals surface area (Å²) in [7, 11) is 1.61. The van der Waals surface area contributed by atoms with Crippen LogP contribution in [0, 0.1) is 6.92 Å². The van der Waals surface area contributed by atoms with Crippen molar-refractivity contribution in [1.29, 1.82) is 0 Å². The van der Waals surface area contributed by atoms with Crippen molar-refractivity contribution in [2.75, 3.05) is 7.11 Å². The van der Waals surface area contributed by atoms with Crippen molar-refractivity contribution in [3.05, 3.63) is 57.5 Å². The lowest BCUT2D eigenvalue weighted by Gasteiger charge is -2.10. The predicted molar refractivity (Wildman–Crippen MR) is 99.3 cm³/mol. The number of hydrogen-bond donors (Lipinski definition) is 0. The second kappa shape index (κ2) is 6.89. The van der Waals surface area contributed by atoms with Gasteiger partial charge in [0.25, 0.3) is 5.56 Å². The van der Waals surface area contributed by atoms with Gasteiger partial charge in [0.2, 0.25) is 5.16 Å². The molecule has 0 amide bonds. The number of hydrogen-bond acceptors (Lipinski definition) is 8. The van der Waals surface area contributed by atoms with Crippen LogP contribution in [0.5, 0.6) is 5.75 Å². The standard InChI is InChI=1S/C16H14N6O2S2/c1-10-3-4-13(24-2)12(7-10)22-16(18-19-20-22)26-9-11-8-14(23)21-5-6-25-15(21)17-11/h3-8H,9H2,1-2H3. The fourth-order valence-corrected chi connectivity index (χ4v) is 4.00. The van der Waals surface area contributed by atoms with Crippen molar-refractivity contribution in [3.63, 3.8) is 0 Å². The molecule has 0 N–H and O–H groups in total. The minimum Gasteiger partial charge on any atom is -0.494 e. The summed E-state index contributed by atoms with van der Waals surface area (Å²) in [6.07, 6.45) is 1.72. The second-order valence-electron chi connectivity index (χ2n) is 5.48. The molecule has 1 aromatic carbocycles. The molecule has 4 rings (SSSR count). The molecule has 8 nitrogen and oxygen atoms in total. The summed E-state index contributed by atoms with van der Waals surface area (Å²) in [6, 6.07) is 7.34. The number of aromatic nitrogens is 6. The van der Waals surface area contributed by atoms with Crippen molar-refractivity contribution in [2.24, 2.45) is 0 Å². The topological polar surface area (TPSA) is 87.2 Å². The molecule has 0 saturated carbocycles. The Morgan fingerprint density at radius 2 is 2.19 bits per heavy atom. The van der Waals surface area contributed by atoms with E-state index in [4.69, 9.17) is 4.74 Å². The van der Waals surface area contributed by atoms with E-state index in [1.807, 2.05) is 30.5 Å². The third kappa shape index (κ3) is 3.08. The molecule has 3 heterocycles. The SMILES string of the molecule is COc1ccc(C)cc1-n1nnnc1SCc1cc(=O)n2ccsc2n1. The molecule has 0 fully saturated rings. The highest BCUT2D eigenvalue weighted by molar-refractivity contribution is 7.98. The number of nitrogens with zero attached hydrogens (tertiary/aromatic N) is 6. The van der Waals surface area contributed by atoms with E-state index >= 15 is 0 Å². The molecule has 3 aromatic heterocycles. The first kappa shape index (κ1) is 16.7. The maximum Gasteiger partial charge on any atom is 0.258 e. The number of methoxy groups -OCH3 is 1. The van der Waals surface area contributed by atoms with Gasteiger partial charge in [0, 0.05) is 23.4 Å². The van der Waals surface area contributed by atoms with Gasteiger partial charge in [-0.25, -0.2) is 4.98 Å². The molecule has 0 unspecified atom stereocenters. The summed E-state index contributed by atoms with van der Waals surface area (Å²) < 4.78 is 8.58. The van der Waals surface area contributed by atoms with Crippen LogP contribution in [-0.2, 0) is 5.75 Å². The third-order valence-electron chi connectivity index (χ3n) is 3.71. The summed E-state index contributed by atoms with van der Waals surface area (Å²) in [5.74, 6) is 1.17. The van der Waals surface area contributed by atoms with Crippen LogP contribution in [0.25, 0.3) is 10.6 Å². The maximum absolute atomic E-state index is 12.1. The van der Waals surface area contributed by atoms with Crippen LogP contribution in [0.2, 0.25) is 0 Å². The zero-order chi connectivity index (χ0) is 18.1. The van der Waals surface area contributed by atoms with E-state index in [0.29, 0.717) is 27.3 Å². The van der Waals surface area contributed by atoms with E-state index < -0.39 is 0 Å². The van der Waals surface area contributed by atoms with Crippen LogP contribution in [0.4, 0.5) is 0 Å². The summed E-state index contributed by atoms with van der Waals surface area (Å²) in [5.41, 5.74) is 2.44. The first-order valence-corrected chi connectivity index (χ1v) is 9.54. The largest absolute Gasteiger partial charge is 0.494 e. The van der Waals surface area contributed by atoms with Gasteiger partial charge in [-0.1, -0.05) is 17.8 Å². The normalized spacial score (nSPS) is 11.2. The van der Waals surface area contributed by atoms with Crippen LogP contribution in [0.3, 0.4) is 0 Å². The Labute approximate surface area is 156 Å². The fourth-order valence-electron chi connectivity index (χ4n) is 2.49. The molecule has 4 aromatic rings. The van der Waals surface area contributed by atoms with E-state index in [9.17, 15) is 4.79 Å². The van der Waals surface area contributed by atoms with Gasteiger partial charge in [-0.05, 0) is 35.0 Å². The number of thioether (sulfide) groups is 1. The van der Waals surface area contributed by atoms with Gasteiger partial charge >= 0.3 is 0 Å². The quantitative estimate of drug-likeness (QED) is 0.487. The average molecular weight is 386 g/mol. The van der Waals surface area contributed by atoms with Gasteiger partial charge in [0.05, 0.1) is 12.8 Å². The van der Waals surface area contributed by atoms with Crippen LogP contribution < -0.4 is 10.3 Å². The molecule has 0 spiro atoms. The Bertz CT molecular complexity index is 1130. The fraction of sp³-hybridized carbons (Fsp3) is 0.188. The van der Waals surface area contributed by atoms with Crippen LogP contribution in [0.1, 0.15) is 11.3 Å². The van der Waals surface area contributed by atoms with Crippen molar-refractivity contribution < 1.29 is 4.74 Å². The lowest BCUT2D eigenvalue weighted by molar-refractivity contribution is 0.410. The van der Waals surface area contributed by atoms with Crippen molar-refractivity contribution in [1.82, 2.24) is 29.6 Å². The van der Waals surface area contributed by atoms with E-state index in [-0.39, 0.29) is 5.56 Å². The van der Waals surface area contributed by atoms with E-state index in [2.05, 4.69) is 20.5 Å². The number of thiazole rings is 1. The smallest absolute Gasteiger partial charge is 0.258 e. The van der Waals surface area contributed by atoms with Crippen molar-refractivity contribution in [2.45, 2.75) is 17.8 Å². The first-order chi connectivity index (χ1) is 12.7. The molecule has 0 atom stereocenters. The number of tetrazole rings is 1. The highest BCUT2D eigenvalue weighted by Crippen LogP contribution is 2.28. The Kier molecular flexibility index (Phi) is 4.43. The van der Waals surface area contributed by atoms with Crippen molar-refractivity contribution in [3.8, 4) is 11.4 Å². The Hall–Kier alpha value is -2.72. The molecule has 10 heteroatoms. The van der Waals surface area contributed by atoms with Crippen LogP contribution in [-0.4, -0.2) is 36.7 Å². The molecule has 0 radical (unpaired) electrons. The highest BCUT2D eigenvalue weighted by atomic mass is 32.2. The van der Waals surface area contributed by atoms with E-state index in [1.165, 1.54) is 33.6 Å². The number of ether oxygens (including phenoxy) is 1. The van der Waals surface area contributed by atoms with Crippen LogP contribution >= 0.6 is 23.1 Å². The molecule has 0 aliphatic carbocycles. The number of rotatable bonds is 5. The Balaban J connectivity index is 1.63. The number of fused-ring (bicyclic) bond motifs is 1.